The lowest BCUT2D eigenvalue weighted by Gasteiger charge is -2.35. The molecule has 18 heavy (non-hydrogen) atoms. The second-order valence-corrected chi connectivity index (χ2v) is 11.7. The largest absolute Gasteiger partial charge is 0.419 e. The summed E-state index contributed by atoms with van der Waals surface area (Å²) in [5.41, 5.74) is 0. The predicted octanol–water partition coefficient (Wildman–Crippen LogP) is 2.40. The number of rotatable bonds is 3. The number of nitrogens with zero attached hydrogens (tertiary/aromatic N) is 1. The molecule has 0 aromatic heterocycles. The lowest BCUT2D eigenvalue weighted by atomic mass is 10.1. The molecule has 2 saturated heterocycles. The number of benzene rings is 1. The Hall–Kier alpha value is -0.0151. The summed E-state index contributed by atoms with van der Waals surface area (Å²) in [5.74, 6) is 1.17. The van der Waals surface area contributed by atoms with Crippen molar-refractivity contribution in [3.05, 3.63) is 30.3 Å². The number of fused-ring (bicyclic) bond motifs is 1. The molecule has 3 rings (SSSR count). The summed E-state index contributed by atoms with van der Waals surface area (Å²) >= 11 is 0. The topological polar surface area (TPSA) is 12.5 Å². The average Bonchev–Trinajstić information content (AvgIpc) is 2.95. The van der Waals surface area contributed by atoms with Crippen LogP contribution in [-0.2, 0) is 4.65 Å². The van der Waals surface area contributed by atoms with E-state index in [1.165, 1.54) is 30.0 Å². The van der Waals surface area contributed by atoms with E-state index in [2.05, 4.69) is 49.8 Å². The molecule has 4 atom stereocenters. The van der Waals surface area contributed by atoms with Gasteiger partial charge in [-0.3, -0.25) is 0 Å². The van der Waals surface area contributed by atoms with Crippen LogP contribution in [-0.4, -0.2) is 43.1 Å². The van der Waals surface area contributed by atoms with E-state index in [1.807, 2.05) is 0 Å². The molecule has 5 heteroatoms. The SMILES string of the molecule is CS(P)(CC1OBN2CCCC12)c1ccccc1. The van der Waals surface area contributed by atoms with Gasteiger partial charge in [-0.25, -0.2) is 0 Å². The van der Waals surface area contributed by atoms with Gasteiger partial charge in [0.1, 0.15) is 0 Å². The van der Waals surface area contributed by atoms with Gasteiger partial charge in [0.2, 0.25) is 0 Å². The van der Waals surface area contributed by atoms with Crippen molar-refractivity contribution in [2.24, 2.45) is 0 Å². The van der Waals surface area contributed by atoms with Crippen LogP contribution < -0.4 is 0 Å². The molecule has 0 saturated carbocycles. The van der Waals surface area contributed by atoms with Gasteiger partial charge in [0, 0.05) is 11.8 Å². The highest BCUT2D eigenvalue weighted by atomic mass is 32.8. The highest BCUT2D eigenvalue weighted by Crippen LogP contribution is 2.60. The molecule has 0 radical (unpaired) electrons. The Labute approximate surface area is 114 Å². The van der Waals surface area contributed by atoms with Crippen molar-refractivity contribution in [1.29, 1.82) is 0 Å². The molecule has 2 aliphatic heterocycles. The van der Waals surface area contributed by atoms with Crippen LogP contribution in [0.25, 0.3) is 0 Å². The molecule has 0 N–H and O–H groups in total. The molecular weight excluding hydrogens is 260 g/mol. The van der Waals surface area contributed by atoms with Crippen LogP contribution in [0.2, 0.25) is 0 Å². The van der Waals surface area contributed by atoms with E-state index in [-0.39, 0.29) is 0 Å². The quantitative estimate of drug-likeness (QED) is 0.623. The number of hydrogen-bond donors (Lipinski definition) is 0. The van der Waals surface area contributed by atoms with E-state index in [1.54, 1.807) is 0 Å². The summed E-state index contributed by atoms with van der Waals surface area (Å²) < 4.78 is 6.01. The lowest BCUT2D eigenvalue weighted by Crippen LogP contribution is -2.32. The summed E-state index contributed by atoms with van der Waals surface area (Å²) in [7, 11) is 3.15. The zero-order valence-corrected chi connectivity index (χ0v) is 12.9. The number of hydrogen-bond acceptors (Lipinski definition) is 2. The van der Waals surface area contributed by atoms with Crippen molar-refractivity contribution in [1.82, 2.24) is 4.81 Å². The van der Waals surface area contributed by atoms with Gasteiger partial charge >= 0.3 is 7.62 Å². The van der Waals surface area contributed by atoms with Crippen LogP contribution in [0.4, 0.5) is 0 Å². The fourth-order valence-electron chi connectivity index (χ4n) is 3.06. The molecule has 98 valence electrons. The molecule has 0 bridgehead atoms. The first-order valence-corrected chi connectivity index (χ1v) is 10.3. The molecule has 2 aliphatic rings. The maximum Gasteiger partial charge on any atom is 0.364 e. The predicted molar refractivity (Wildman–Crippen MR) is 84.6 cm³/mol. The van der Waals surface area contributed by atoms with E-state index < -0.39 is 9.65 Å². The highest BCUT2D eigenvalue weighted by molar-refractivity contribution is 8.68. The minimum atomic E-state index is -0.817. The monoisotopic (exact) mass is 281 g/mol. The molecule has 0 aliphatic carbocycles. The van der Waals surface area contributed by atoms with Crippen LogP contribution in [0.3, 0.4) is 0 Å². The van der Waals surface area contributed by atoms with Gasteiger partial charge in [-0.05, 0) is 42.7 Å². The Morgan fingerprint density at radius 2 is 2.22 bits per heavy atom. The molecule has 0 spiro atoms. The van der Waals surface area contributed by atoms with Crippen LogP contribution in [0.5, 0.6) is 0 Å². The van der Waals surface area contributed by atoms with Crippen molar-refractivity contribution in [2.75, 3.05) is 18.6 Å². The third-order valence-electron chi connectivity index (χ3n) is 4.09. The Bertz CT molecular complexity index is 417. The summed E-state index contributed by atoms with van der Waals surface area (Å²) in [6.45, 7) is 1.23. The molecule has 0 amide bonds. The van der Waals surface area contributed by atoms with E-state index in [0.29, 0.717) is 12.1 Å². The second kappa shape index (κ2) is 5.17. The summed E-state index contributed by atoms with van der Waals surface area (Å²) in [4.78, 5) is 3.98. The summed E-state index contributed by atoms with van der Waals surface area (Å²) in [6, 6.07) is 11.6. The fourth-order valence-corrected chi connectivity index (χ4v) is 6.08. The zero-order chi connectivity index (χ0) is 12.6. The first-order valence-electron chi connectivity index (χ1n) is 6.61. The minimum Gasteiger partial charge on any atom is -0.419 e. The van der Waals surface area contributed by atoms with Gasteiger partial charge in [0.05, 0.1) is 6.10 Å². The smallest absolute Gasteiger partial charge is 0.364 e. The van der Waals surface area contributed by atoms with Crippen molar-refractivity contribution in [3.8, 4) is 0 Å². The van der Waals surface area contributed by atoms with Gasteiger partial charge in [0.25, 0.3) is 0 Å². The van der Waals surface area contributed by atoms with Crippen LogP contribution in [0.15, 0.2) is 35.2 Å². The van der Waals surface area contributed by atoms with Gasteiger partial charge in [-0.15, -0.1) is 0 Å². The maximum atomic E-state index is 6.01. The minimum absolute atomic E-state index is 0.435. The van der Waals surface area contributed by atoms with Crippen LogP contribution in [0.1, 0.15) is 12.8 Å². The van der Waals surface area contributed by atoms with Crippen molar-refractivity contribution >= 4 is 25.7 Å². The molecule has 1 aromatic rings. The second-order valence-electron chi connectivity index (χ2n) is 5.49. The third-order valence-corrected chi connectivity index (χ3v) is 7.85. The summed E-state index contributed by atoms with van der Waals surface area (Å²) in [5, 5.41) is 0. The Morgan fingerprint density at radius 3 is 3.00 bits per heavy atom. The highest BCUT2D eigenvalue weighted by Gasteiger charge is 2.40. The van der Waals surface area contributed by atoms with E-state index in [9.17, 15) is 0 Å². The molecule has 2 fully saturated rings. The Morgan fingerprint density at radius 1 is 1.44 bits per heavy atom. The first-order chi connectivity index (χ1) is 8.67. The van der Waals surface area contributed by atoms with Crippen molar-refractivity contribution in [2.45, 2.75) is 29.9 Å². The summed E-state index contributed by atoms with van der Waals surface area (Å²) in [6.07, 6.45) is 5.48. The van der Waals surface area contributed by atoms with Crippen LogP contribution in [0, 0.1) is 0 Å². The van der Waals surface area contributed by atoms with E-state index >= 15 is 0 Å². The maximum absolute atomic E-state index is 6.01. The van der Waals surface area contributed by atoms with Gasteiger partial charge in [-0.1, -0.05) is 26.6 Å². The standard InChI is InChI=1S/C13H21BNOPS/c1-18(17,11-6-3-2-4-7-11)10-13-12-8-5-9-15(12)14-16-13/h2-4,6-7,12-14H,5,8-10,17H2,1H3. The Balaban J connectivity index is 1.72. The lowest BCUT2D eigenvalue weighted by molar-refractivity contribution is 0.231. The van der Waals surface area contributed by atoms with Gasteiger partial charge in [0.15, 0.2) is 0 Å². The fraction of sp³-hybridized carbons (Fsp3) is 0.538. The van der Waals surface area contributed by atoms with E-state index in [4.69, 9.17) is 4.65 Å². The molecule has 1 aromatic carbocycles. The Kier molecular flexibility index (Phi) is 3.73. The third kappa shape index (κ3) is 2.49. The first kappa shape index (κ1) is 13.0. The average molecular weight is 281 g/mol. The van der Waals surface area contributed by atoms with Crippen molar-refractivity contribution < 1.29 is 4.65 Å². The van der Waals surface area contributed by atoms with Crippen molar-refractivity contribution in [3.63, 3.8) is 0 Å². The van der Waals surface area contributed by atoms with Crippen LogP contribution >= 0.6 is 18.1 Å². The molecule has 2 heterocycles. The van der Waals surface area contributed by atoms with Gasteiger partial charge in [-0.2, -0.15) is 9.65 Å². The normalized spacial score (nSPS) is 32.6. The van der Waals surface area contributed by atoms with E-state index in [0.717, 1.165) is 7.62 Å². The molecular formula is C13H21BNOPS. The molecule has 2 nitrogen and oxygen atoms in total. The van der Waals surface area contributed by atoms with Gasteiger partial charge < -0.3 is 9.47 Å². The zero-order valence-electron chi connectivity index (χ0n) is 10.9. The molecule has 4 unspecified atom stereocenters.